The largest absolute Gasteiger partial charge is 0.449 e. The molecule has 4 aromatic rings. The van der Waals surface area contributed by atoms with Crippen LogP contribution in [0.2, 0.25) is 0 Å². The highest BCUT2D eigenvalue weighted by molar-refractivity contribution is 6.06. The molecule has 1 aromatic heterocycles. The lowest BCUT2D eigenvalue weighted by Gasteiger charge is -2.29. The van der Waals surface area contributed by atoms with Gasteiger partial charge < -0.3 is 10.1 Å². The fourth-order valence-electron chi connectivity index (χ4n) is 4.53. The van der Waals surface area contributed by atoms with Crippen LogP contribution in [0.5, 0.6) is 0 Å². The summed E-state index contributed by atoms with van der Waals surface area (Å²) in [5.41, 5.74) is 3.79. The lowest BCUT2D eigenvalue weighted by molar-refractivity contribution is -0.123. The number of para-hydroxylation sites is 1. The third-order valence-corrected chi connectivity index (χ3v) is 6.45. The second kappa shape index (κ2) is 9.23. The van der Waals surface area contributed by atoms with Crippen LogP contribution in [0.15, 0.2) is 66.7 Å². The van der Waals surface area contributed by atoms with Crippen molar-refractivity contribution in [3.63, 3.8) is 0 Å². The molecule has 0 fully saturated rings. The molecule has 1 aliphatic rings. The molecule has 6 heteroatoms. The van der Waals surface area contributed by atoms with Crippen LogP contribution < -0.4 is 5.32 Å². The summed E-state index contributed by atoms with van der Waals surface area (Å²) in [6, 6.07) is 21.3. The Balaban J connectivity index is 1.40. The van der Waals surface area contributed by atoms with Gasteiger partial charge in [-0.3, -0.25) is 14.7 Å². The number of anilines is 1. The molecule has 0 aliphatic carbocycles. The van der Waals surface area contributed by atoms with Crippen molar-refractivity contribution in [2.45, 2.75) is 32.9 Å². The summed E-state index contributed by atoms with van der Waals surface area (Å²) >= 11 is 0. The first-order chi connectivity index (χ1) is 16.5. The minimum absolute atomic E-state index is 0.369. The smallest absolute Gasteiger partial charge is 0.339 e. The van der Waals surface area contributed by atoms with Crippen LogP contribution in [0.3, 0.4) is 0 Å². The molecule has 0 bridgehead atoms. The van der Waals surface area contributed by atoms with Crippen molar-refractivity contribution in [1.29, 1.82) is 0 Å². The fraction of sp³-hybridized carbons (Fsp3) is 0.250. The first-order valence-electron chi connectivity index (χ1n) is 11.7. The van der Waals surface area contributed by atoms with Crippen molar-refractivity contribution in [3.8, 4) is 0 Å². The zero-order valence-electron chi connectivity index (χ0n) is 19.4. The second-order valence-electron chi connectivity index (χ2n) is 8.65. The SMILES string of the molecule is CCN1CCc2nc3ccccc3c(C(=O)OC(C)C(=O)Nc3ccc4ccccc4c3)c2C1. The number of nitrogens with zero attached hydrogens (tertiary/aromatic N) is 2. The summed E-state index contributed by atoms with van der Waals surface area (Å²) in [5.74, 6) is -0.861. The molecule has 0 spiro atoms. The molecule has 1 amide bonds. The molecule has 1 unspecified atom stereocenters. The van der Waals surface area contributed by atoms with Gasteiger partial charge in [0.05, 0.1) is 11.1 Å². The molecule has 5 rings (SSSR count). The molecule has 2 heterocycles. The fourth-order valence-corrected chi connectivity index (χ4v) is 4.53. The molecule has 6 nitrogen and oxygen atoms in total. The number of amides is 1. The minimum atomic E-state index is -0.951. The lowest BCUT2D eigenvalue weighted by Crippen LogP contribution is -2.34. The number of hydrogen-bond acceptors (Lipinski definition) is 5. The monoisotopic (exact) mass is 453 g/mol. The van der Waals surface area contributed by atoms with E-state index in [1.807, 2.05) is 66.7 Å². The van der Waals surface area contributed by atoms with Crippen molar-refractivity contribution < 1.29 is 14.3 Å². The maximum atomic E-state index is 13.4. The quantitative estimate of drug-likeness (QED) is 0.433. The summed E-state index contributed by atoms with van der Waals surface area (Å²) in [6.45, 7) is 6.16. The number of pyridine rings is 1. The van der Waals surface area contributed by atoms with Gasteiger partial charge in [-0.1, -0.05) is 55.5 Å². The lowest BCUT2D eigenvalue weighted by atomic mass is 9.95. The summed E-state index contributed by atoms with van der Waals surface area (Å²) in [4.78, 5) is 33.4. The second-order valence-corrected chi connectivity index (χ2v) is 8.65. The van der Waals surface area contributed by atoms with Gasteiger partial charge in [0, 0.05) is 41.8 Å². The van der Waals surface area contributed by atoms with E-state index in [-0.39, 0.29) is 5.91 Å². The standard InChI is InChI=1S/C28H27N3O3/c1-3-31-15-14-25-23(17-31)26(22-10-6-7-11-24(22)30-25)28(33)34-18(2)27(32)29-21-13-12-19-8-4-5-9-20(19)16-21/h4-13,16,18H,3,14-15,17H2,1-2H3,(H,29,32). The molecule has 1 aliphatic heterocycles. The van der Waals surface area contributed by atoms with Gasteiger partial charge in [0.25, 0.3) is 5.91 Å². The number of rotatable bonds is 5. The van der Waals surface area contributed by atoms with Crippen LogP contribution in [-0.2, 0) is 22.5 Å². The molecule has 34 heavy (non-hydrogen) atoms. The van der Waals surface area contributed by atoms with Crippen molar-refractivity contribution in [2.24, 2.45) is 0 Å². The summed E-state index contributed by atoms with van der Waals surface area (Å²) in [7, 11) is 0. The number of esters is 1. The van der Waals surface area contributed by atoms with E-state index >= 15 is 0 Å². The van der Waals surface area contributed by atoms with Crippen molar-refractivity contribution in [1.82, 2.24) is 9.88 Å². The third-order valence-electron chi connectivity index (χ3n) is 6.45. The van der Waals surface area contributed by atoms with E-state index < -0.39 is 12.1 Å². The van der Waals surface area contributed by atoms with E-state index in [4.69, 9.17) is 9.72 Å². The van der Waals surface area contributed by atoms with Crippen molar-refractivity contribution in [2.75, 3.05) is 18.4 Å². The molecule has 1 N–H and O–H groups in total. The van der Waals surface area contributed by atoms with Crippen LogP contribution in [0.1, 0.15) is 35.5 Å². The van der Waals surface area contributed by atoms with E-state index in [1.54, 1.807) is 6.92 Å². The maximum Gasteiger partial charge on any atom is 0.339 e. The Morgan fingerprint density at radius 1 is 1.06 bits per heavy atom. The Bertz CT molecular complexity index is 1400. The number of aromatic nitrogens is 1. The molecule has 0 saturated carbocycles. The number of benzene rings is 3. The first-order valence-corrected chi connectivity index (χ1v) is 11.7. The third kappa shape index (κ3) is 4.24. The molecule has 0 radical (unpaired) electrons. The highest BCUT2D eigenvalue weighted by atomic mass is 16.5. The normalized spacial score (nSPS) is 14.5. The van der Waals surface area contributed by atoms with Gasteiger partial charge in [0.15, 0.2) is 6.10 Å². The molecular formula is C28H27N3O3. The van der Waals surface area contributed by atoms with Gasteiger partial charge >= 0.3 is 5.97 Å². The first kappa shape index (κ1) is 22.0. The molecule has 0 saturated heterocycles. The van der Waals surface area contributed by atoms with Gasteiger partial charge in [0.2, 0.25) is 0 Å². The van der Waals surface area contributed by atoms with Crippen molar-refractivity contribution >= 4 is 39.2 Å². The number of fused-ring (bicyclic) bond motifs is 3. The van der Waals surface area contributed by atoms with Crippen molar-refractivity contribution in [3.05, 3.63) is 83.6 Å². The van der Waals surface area contributed by atoms with Gasteiger partial charge in [-0.05, 0) is 42.4 Å². The topological polar surface area (TPSA) is 71.5 Å². The predicted molar refractivity (Wildman–Crippen MR) is 134 cm³/mol. The van der Waals surface area contributed by atoms with Gasteiger partial charge in [-0.2, -0.15) is 0 Å². The Labute approximate surface area is 198 Å². The average Bonchev–Trinajstić information content (AvgIpc) is 2.86. The number of carbonyl (C=O) groups excluding carboxylic acids is 2. The van der Waals surface area contributed by atoms with E-state index in [0.717, 1.165) is 52.4 Å². The Morgan fingerprint density at radius 3 is 2.65 bits per heavy atom. The Morgan fingerprint density at radius 2 is 1.82 bits per heavy atom. The number of hydrogen-bond donors (Lipinski definition) is 1. The summed E-state index contributed by atoms with van der Waals surface area (Å²) in [5, 5.41) is 5.75. The van der Waals surface area contributed by atoms with Crippen LogP contribution in [0, 0.1) is 0 Å². The predicted octanol–water partition coefficient (Wildman–Crippen LogP) is 4.95. The number of likely N-dealkylation sites (N-methyl/N-ethyl adjacent to an activating group) is 1. The minimum Gasteiger partial charge on any atom is -0.449 e. The number of carbonyl (C=O) groups is 2. The van der Waals surface area contributed by atoms with Crippen LogP contribution in [0.4, 0.5) is 5.69 Å². The highest BCUT2D eigenvalue weighted by Crippen LogP contribution is 2.29. The van der Waals surface area contributed by atoms with E-state index in [9.17, 15) is 9.59 Å². The average molecular weight is 454 g/mol. The van der Waals surface area contributed by atoms with Crippen LogP contribution >= 0.6 is 0 Å². The zero-order chi connectivity index (χ0) is 23.7. The Kier molecular flexibility index (Phi) is 5.99. The molecule has 1 atom stereocenters. The highest BCUT2D eigenvalue weighted by Gasteiger charge is 2.28. The zero-order valence-corrected chi connectivity index (χ0v) is 19.4. The molecule has 3 aromatic carbocycles. The number of nitrogens with one attached hydrogen (secondary N) is 1. The van der Waals surface area contributed by atoms with Crippen LogP contribution in [-0.4, -0.2) is 41.0 Å². The van der Waals surface area contributed by atoms with Gasteiger partial charge in [-0.15, -0.1) is 0 Å². The van der Waals surface area contributed by atoms with Crippen LogP contribution in [0.25, 0.3) is 21.7 Å². The summed E-state index contributed by atoms with van der Waals surface area (Å²) in [6.07, 6.45) is -0.167. The van der Waals surface area contributed by atoms with Gasteiger partial charge in [0.1, 0.15) is 0 Å². The maximum absolute atomic E-state index is 13.4. The van der Waals surface area contributed by atoms with E-state index in [1.165, 1.54) is 0 Å². The molecule has 172 valence electrons. The Hall–Kier alpha value is -3.77. The van der Waals surface area contributed by atoms with Gasteiger partial charge in [-0.25, -0.2) is 4.79 Å². The molecular weight excluding hydrogens is 426 g/mol. The number of ether oxygens (including phenoxy) is 1. The van der Waals surface area contributed by atoms with E-state index in [2.05, 4.69) is 17.1 Å². The summed E-state index contributed by atoms with van der Waals surface area (Å²) < 4.78 is 5.70. The van der Waals surface area contributed by atoms with E-state index in [0.29, 0.717) is 17.8 Å².